The van der Waals surface area contributed by atoms with Crippen LogP contribution in [0.1, 0.15) is 21.7 Å². The quantitative estimate of drug-likeness (QED) is 0.688. The first kappa shape index (κ1) is 14.5. The molecule has 0 spiro atoms. The average molecular weight is 342 g/mol. The summed E-state index contributed by atoms with van der Waals surface area (Å²) in [5.41, 5.74) is 7.32. The summed E-state index contributed by atoms with van der Waals surface area (Å²) >= 11 is 3.38. The number of esters is 1. The van der Waals surface area contributed by atoms with Crippen molar-refractivity contribution in [3.8, 4) is 0 Å². The second kappa shape index (κ2) is 5.62. The number of carbonyl (C=O) groups is 1. The molecular weight excluding hydrogens is 329 g/mol. The highest BCUT2D eigenvalue weighted by Crippen LogP contribution is 2.22. The molecule has 0 radical (unpaired) electrons. The standard InChI is InChI=1S/C13H13BrFN3O2/c1-7-12(14)11(18(2)17-7)6-20-13(19)9-4-3-8(15)5-10(9)16/h3-5H,6,16H2,1-2H3. The predicted octanol–water partition coefficient (Wildman–Crippen LogP) is 2.57. The fourth-order valence-electron chi connectivity index (χ4n) is 1.77. The van der Waals surface area contributed by atoms with Gasteiger partial charge in [-0.1, -0.05) is 0 Å². The molecule has 0 aliphatic rings. The van der Waals surface area contributed by atoms with Crippen molar-refractivity contribution < 1.29 is 13.9 Å². The van der Waals surface area contributed by atoms with Gasteiger partial charge in [-0.2, -0.15) is 5.10 Å². The monoisotopic (exact) mass is 341 g/mol. The van der Waals surface area contributed by atoms with Gasteiger partial charge in [0.05, 0.1) is 21.4 Å². The average Bonchev–Trinajstić information content (AvgIpc) is 2.61. The molecule has 20 heavy (non-hydrogen) atoms. The normalized spacial score (nSPS) is 10.6. The Labute approximate surface area is 123 Å². The van der Waals surface area contributed by atoms with Gasteiger partial charge in [0.1, 0.15) is 12.4 Å². The van der Waals surface area contributed by atoms with Gasteiger partial charge in [0.25, 0.3) is 0 Å². The predicted molar refractivity (Wildman–Crippen MR) is 75.6 cm³/mol. The zero-order valence-corrected chi connectivity index (χ0v) is 12.6. The molecule has 0 saturated heterocycles. The highest BCUT2D eigenvalue weighted by molar-refractivity contribution is 9.10. The van der Waals surface area contributed by atoms with Gasteiger partial charge in [0.2, 0.25) is 0 Å². The summed E-state index contributed by atoms with van der Waals surface area (Å²) in [6.07, 6.45) is 0. The number of anilines is 1. The van der Waals surface area contributed by atoms with Crippen LogP contribution in [0.4, 0.5) is 10.1 Å². The fourth-order valence-corrected chi connectivity index (χ4v) is 2.22. The number of halogens is 2. The van der Waals surface area contributed by atoms with E-state index in [4.69, 9.17) is 10.5 Å². The van der Waals surface area contributed by atoms with Crippen molar-refractivity contribution in [1.82, 2.24) is 9.78 Å². The number of nitrogens with two attached hydrogens (primary N) is 1. The Kier molecular flexibility index (Phi) is 4.08. The maximum atomic E-state index is 12.9. The first-order valence-electron chi connectivity index (χ1n) is 5.80. The van der Waals surface area contributed by atoms with Gasteiger partial charge >= 0.3 is 5.97 Å². The lowest BCUT2D eigenvalue weighted by Crippen LogP contribution is -2.10. The minimum Gasteiger partial charge on any atom is -0.455 e. The molecule has 1 heterocycles. The topological polar surface area (TPSA) is 70.1 Å². The van der Waals surface area contributed by atoms with Crippen LogP contribution in [0, 0.1) is 12.7 Å². The molecule has 1 aromatic heterocycles. The van der Waals surface area contributed by atoms with Crippen molar-refractivity contribution in [2.45, 2.75) is 13.5 Å². The lowest BCUT2D eigenvalue weighted by Gasteiger charge is -2.07. The number of nitrogens with zero attached hydrogens (tertiary/aromatic N) is 2. The van der Waals surface area contributed by atoms with Crippen LogP contribution in [0.25, 0.3) is 0 Å². The van der Waals surface area contributed by atoms with Gasteiger partial charge in [-0.15, -0.1) is 0 Å². The molecular formula is C13H13BrFN3O2. The molecule has 0 saturated carbocycles. The minimum absolute atomic E-state index is 0.0492. The first-order chi connectivity index (χ1) is 9.40. The summed E-state index contributed by atoms with van der Waals surface area (Å²) in [6, 6.07) is 3.55. The molecule has 1 aromatic carbocycles. The van der Waals surface area contributed by atoms with Crippen LogP contribution < -0.4 is 5.73 Å². The maximum absolute atomic E-state index is 12.9. The van der Waals surface area contributed by atoms with Gasteiger partial charge in [-0.05, 0) is 41.1 Å². The number of ether oxygens (including phenoxy) is 1. The molecule has 2 aromatic rings. The van der Waals surface area contributed by atoms with E-state index >= 15 is 0 Å². The molecule has 5 nitrogen and oxygen atoms in total. The second-order valence-corrected chi connectivity index (χ2v) is 5.07. The molecule has 0 bridgehead atoms. The Morgan fingerprint density at radius 1 is 1.55 bits per heavy atom. The largest absolute Gasteiger partial charge is 0.455 e. The van der Waals surface area contributed by atoms with Crippen LogP contribution in [0.2, 0.25) is 0 Å². The van der Waals surface area contributed by atoms with E-state index in [1.165, 1.54) is 6.07 Å². The number of nitrogen functional groups attached to an aromatic ring is 1. The van der Waals surface area contributed by atoms with Crippen LogP contribution in [-0.2, 0) is 18.4 Å². The van der Waals surface area contributed by atoms with E-state index < -0.39 is 11.8 Å². The van der Waals surface area contributed by atoms with Crippen molar-refractivity contribution in [1.29, 1.82) is 0 Å². The fraction of sp³-hybridized carbons (Fsp3) is 0.231. The minimum atomic E-state index is -0.603. The van der Waals surface area contributed by atoms with Gasteiger partial charge < -0.3 is 10.5 Å². The second-order valence-electron chi connectivity index (χ2n) is 4.28. The Morgan fingerprint density at radius 2 is 2.25 bits per heavy atom. The van der Waals surface area contributed by atoms with Crippen LogP contribution in [0.3, 0.4) is 0 Å². The number of hydrogen-bond acceptors (Lipinski definition) is 4. The zero-order chi connectivity index (χ0) is 14.9. The Bertz CT molecular complexity index is 670. The molecule has 0 aliphatic carbocycles. The summed E-state index contributed by atoms with van der Waals surface area (Å²) in [7, 11) is 1.76. The summed E-state index contributed by atoms with van der Waals surface area (Å²) in [4.78, 5) is 11.9. The summed E-state index contributed by atoms with van der Waals surface area (Å²) in [5.74, 6) is -1.10. The van der Waals surface area contributed by atoms with Crippen molar-refractivity contribution in [2.75, 3.05) is 5.73 Å². The number of hydrogen-bond donors (Lipinski definition) is 1. The molecule has 0 aliphatic heterocycles. The van der Waals surface area contributed by atoms with E-state index in [-0.39, 0.29) is 17.9 Å². The summed E-state index contributed by atoms with van der Waals surface area (Å²) in [6.45, 7) is 1.89. The van der Waals surface area contributed by atoms with Crippen LogP contribution in [0.15, 0.2) is 22.7 Å². The maximum Gasteiger partial charge on any atom is 0.340 e. The Balaban J connectivity index is 2.12. The number of aryl methyl sites for hydroxylation is 2. The molecule has 0 atom stereocenters. The highest BCUT2D eigenvalue weighted by Gasteiger charge is 2.16. The van der Waals surface area contributed by atoms with Crippen molar-refractivity contribution in [3.05, 3.63) is 45.4 Å². The molecule has 2 N–H and O–H groups in total. The van der Waals surface area contributed by atoms with Gasteiger partial charge in [-0.25, -0.2) is 9.18 Å². The van der Waals surface area contributed by atoms with E-state index in [2.05, 4.69) is 21.0 Å². The number of aromatic nitrogens is 2. The van der Waals surface area contributed by atoms with Crippen molar-refractivity contribution >= 4 is 27.6 Å². The molecule has 0 fully saturated rings. The smallest absolute Gasteiger partial charge is 0.340 e. The van der Waals surface area contributed by atoms with Gasteiger partial charge in [-0.3, -0.25) is 4.68 Å². The van der Waals surface area contributed by atoms with Crippen LogP contribution in [-0.4, -0.2) is 15.7 Å². The Morgan fingerprint density at radius 3 is 2.80 bits per heavy atom. The van der Waals surface area contributed by atoms with E-state index in [0.29, 0.717) is 0 Å². The van der Waals surface area contributed by atoms with E-state index in [1.807, 2.05) is 6.92 Å². The third-order valence-corrected chi connectivity index (χ3v) is 3.87. The molecule has 2 rings (SSSR count). The number of carbonyl (C=O) groups excluding carboxylic acids is 1. The molecule has 0 amide bonds. The Hall–Kier alpha value is -1.89. The van der Waals surface area contributed by atoms with E-state index in [9.17, 15) is 9.18 Å². The number of benzene rings is 1. The number of rotatable bonds is 3. The lowest BCUT2D eigenvalue weighted by atomic mass is 10.2. The van der Waals surface area contributed by atoms with Crippen molar-refractivity contribution in [3.63, 3.8) is 0 Å². The zero-order valence-electron chi connectivity index (χ0n) is 11.0. The SMILES string of the molecule is Cc1nn(C)c(COC(=O)c2ccc(F)cc2N)c1Br. The lowest BCUT2D eigenvalue weighted by molar-refractivity contribution is 0.0464. The highest BCUT2D eigenvalue weighted by atomic mass is 79.9. The third kappa shape index (κ3) is 2.82. The molecule has 7 heteroatoms. The van der Waals surface area contributed by atoms with E-state index in [1.54, 1.807) is 11.7 Å². The van der Waals surface area contributed by atoms with E-state index in [0.717, 1.165) is 28.0 Å². The summed E-state index contributed by atoms with van der Waals surface area (Å²) < 4.78 is 20.5. The van der Waals surface area contributed by atoms with Crippen LogP contribution in [0.5, 0.6) is 0 Å². The third-order valence-electron chi connectivity index (χ3n) is 2.84. The van der Waals surface area contributed by atoms with Gasteiger partial charge in [0, 0.05) is 12.7 Å². The van der Waals surface area contributed by atoms with Gasteiger partial charge in [0.15, 0.2) is 0 Å². The molecule has 0 unspecified atom stereocenters. The molecule has 106 valence electrons. The van der Waals surface area contributed by atoms with Crippen LogP contribution >= 0.6 is 15.9 Å². The first-order valence-corrected chi connectivity index (χ1v) is 6.59. The summed E-state index contributed by atoms with van der Waals surface area (Å²) in [5, 5.41) is 4.19. The van der Waals surface area contributed by atoms with Crippen molar-refractivity contribution in [2.24, 2.45) is 7.05 Å².